The Morgan fingerprint density at radius 2 is 2.33 bits per heavy atom. The summed E-state index contributed by atoms with van der Waals surface area (Å²) in [7, 11) is 0. The molecule has 0 bridgehead atoms. The maximum Gasteiger partial charge on any atom is 0.227 e. The molecule has 0 aromatic rings. The van der Waals surface area contributed by atoms with Crippen LogP contribution in [0.2, 0.25) is 0 Å². The second kappa shape index (κ2) is 5.41. The topological polar surface area (TPSA) is 75.3 Å². The van der Waals surface area contributed by atoms with Crippen LogP contribution in [-0.2, 0) is 4.79 Å². The van der Waals surface area contributed by atoms with Gasteiger partial charge in [-0.15, -0.1) is 0 Å². The minimum Gasteiger partial charge on any atom is -0.394 e. The second-order valence-corrected chi connectivity index (χ2v) is 6.02. The number of nitrogens with one attached hydrogen (secondary N) is 1. The Kier molecular flexibility index (Phi) is 4.07. The summed E-state index contributed by atoms with van der Waals surface area (Å²) in [5.41, 5.74) is 5.36. The molecule has 0 aromatic carbocycles. The molecule has 2 aliphatic rings. The fraction of sp³-hybridized carbons (Fsp3) is 0.786. The van der Waals surface area contributed by atoms with E-state index in [0.717, 1.165) is 19.3 Å². The van der Waals surface area contributed by atoms with Gasteiger partial charge in [-0.25, -0.2) is 0 Å². The Labute approximate surface area is 109 Å². The molecule has 102 valence electrons. The summed E-state index contributed by atoms with van der Waals surface area (Å²) < 4.78 is 0. The monoisotopic (exact) mass is 252 g/mol. The standard InChI is InChI=1S/C14H24N2O2/c1-10-3-2-6-14(8-10,9-17)16-13(18)11-4-5-12(15)7-11/h4-5,10-12,17H,2-3,6-9,15H2,1H3,(H,16,18). The van der Waals surface area contributed by atoms with Crippen LogP contribution in [0.3, 0.4) is 0 Å². The van der Waals surface area contributed by atoms with Gasteiger partial charge in [0.15, 0.2) is 0 Å². The largest absolute Gasteiger partial charge is 0.394 e. The average molecular weight is 252 g/mol. The lowest BCUT2D eigenvalue weighted by Gasteiger charge is -2.40. The predicted octanol–water partition coefficient (Wildman–Crippen LogP) is 0.947. The molecule has 0 aliphatic heterocycles. The Bertz CT molecular complexity index is 343. The van der Waals surface area contributed by atoms with Crippen molar-refractivity contribution in [2.75, 3.05) is 6.61 Å². The molecule has 4 unspecified atom stereocenters. The van der Waals surface area contributed by atoms with Crippen LogP contribution < -0.4 is 11.1 Å². The van der Waals surface area contributed by atoms with E-state index in [-0.39, 0.29) is 24.5 Å². The molecule has 0 aromatic heterocycles. The zero-order valence-electron chi connectivity index (χ0n) is 11.1. The highest BCUT2D eigenvalue weighted by atomic mass is 16.3. The molecular weight excluding hydrogens is 228 g/mol. The third-order valence-electron chi connectivity index (χ3n) is 4.24. The lowest BCUT2D eigenvalue weighted by atomic mass is 9.76. The Balaban J connectivity index is 1.97. The molecule has 4 N–H and O–H groups in total. The number of carbonyl (C=O) groups excluding carboxylic acids is 1. The second-order valence-electron chi connectivity index (χ2n) is 6.02. The first-order valence-electron chi connectivity index (χ1n) is 6.91. The summed E-state index contributed by atoms with van der Waals surface area (Å²) in [6.45, 7) is 2.21. The van der Waals surface area contributed by atoms with E-state index >= 15 is 0 Å². The number of hydrogen-bond donors (Lipinski definition) is 3. The first kappa shape index (κ1) is 13.6. The Morgan fingerprint density at radius 1 is 1.56 bits per heavy atom. The highest BCUT2D eigenvalue weighted by molar-refractivity contribution is 5.81. The molecule has 2 rings (SSSR count). The van der Waals surface area contributed by atoms with Gasteiger partial charge in [-0.1, -0.05) is 31.9 Å². The SMILES string of the molecule is CC1CCCC(CO)(NC(=O)C2C=CC(N)C2)C1. The normalized spacial score (nSPS) is 39.8. The summed E-state index contributed by atoms with van der Waals surface area (Å²) in [6.07, 6.45) is 8.47. The van der Waals surface area contributed by atoms with Crippen LogP contribution in [-0.4, -0.2) is 29.2 Å². The number of carbonyl (C=O) groups is 1. The molecule has 4 atom stereocenters. The summed E-state index contributed by atoms with van der Waals surface area (Å²) in [4.78, 5) is 12.2. The number of aliphatic hydroxyl groups is 1. The van der Waals surface area contributed by atoms with E-state index in [9.17, 15) is 9.90 Å². The molecule has 1 saturated carbocycles. The Morgan fingerprint density at radius 3 is 2.89 bits per heavy atom. The first-order valence-corrected chi connectivity index (χ1v) is 6.91. The average Bonchev–Trinajstić information content (AvgIpc) is 2.76. The van der Waals surface area contributed by atoms with Crippen LogP contribution in [0.15, 0.2) is 12.2 Å². The highest BCUT2D eigenvalue weighted by Crippen LogP contribution is 2.32. The van der Waals surface area contributed by atoms with Crippen molar-refractivity contribution in [2.24, 2.45) is 17.6 Å². The molecule has 0 spiro atoms. The van der Waals surface area contributed by atoms with Crippen molar-refractivity contribution in [3.8, 4) is 0 Å². The van der Waals surface area contributed by atoms with Gasteiger partial charge in [-0.2, -0.15) is 0 Å². The molecule has 0 saturated heterocycles. The van der Waals surface area contributed by atoms with Gasteiger partial charge in [0.05, 0.1) is 18.1 Å². The number of hydrogen-bond acceptors (Lipinski definition) is 3. The lowest BCUT2D eigenvalue weighted by Crippen LogP contribution is -2.55. The molecular formula is C14H24N2O2. The summed E-state index contributed by atoms with van der Waals surface area (Å²) in [5, 5.41) is 12.7. The predicted molar refractivity (Wildman–Crippen MR) is 70.8 cm³/mol. The van der Waals surface area contributed by atoms with Crippen LogP contribution in [0.4, 0.5) is 0 Å². The zero-order valence-corrected chi connectivity index (χ0v) is 11.1. The fourth-order valence-electron chi connectivity index (χ4n) is 3.23. The van der Waals surface area contributed by atoms with E-state index in [2.05, 4.69) is 12.2 Å². The quantitative estimate of drug-likeness (QED) is 0.655. The van der Waals surface area contributed by atoms with Gasteiger partial charge in [0.25, 0.3) is 0 Å². The molecule has 0 heterocycles. The van der Waals surface area contributed by atoms with Crippen molar-refractivity contribution >= 4 is 5.91 Å². The van der Waals surface area contributed by atoms with Crippen LogP contribution >= 0.6 is 0 Å². The van der Waals surface area contributed by atoms with E-state index in [1.165, 1.54) is 6.42 Å². The molecule has 1 fully saturated rings. The molecule has 1 amide bonds. The van der Waals surface area contributed by atoms with Crippen LogP contribution in [0.5, 0.6) is 0 Å². The van der Waals surface area contributed by atoms with Crippen molar-refractivity contribution in [3.63, 3.8) is 0 Å². The molecule has 2 aliphatic carbocycles. The van der Waals surface area contributed by atoms with Crippen molar-refractivity contribution in [1.82, 2.24) is 5.32 Å². The first-order chi connectivity index (χ1) is 8.54. The van der Waals surface area contributed by atoms with E-state index in [1.54, 1.807) is 0 Å². The number of nitrogens with two attached hydrogens (primary N) is 1. The molecule has 18 heavy (non-hydrogen) atoms. The minimum atomic E-state index is -0.407. The van der Waals surface area contributed by atoms with Gasteiger partial charge in [0.1, 0.15) is 0 Å². The summed E-state index contributed by atoms with van der Waals surface area (Å²) in [6, 6.07) is -0.00361. The van der Waals surface area contributed by atoms with Gasteiger partial charge >= 0.3 is 0 Å². The van der Waals surface area contributed by atoms with Gasteiger partial charge < -0.3 is 16.2 Å². The van der Waals surface area contributed by atoms with Crippen molar-refractivity contribution in [2.45, 2.75) is 50.6 Å². The maximum absolute atomic E-state index is 12.2. The van der Waals surface area contributed by atoms with Crippen molar-refractivity contribution in [1.29, 1.82) is 0 Å². The summed E-state index contributed by atoms with van der Waals surface area (Å²) >= 11 is 0. The van der Waals surface area contributed by atoms with Gasteiger partial charge in [0.2, 0.25) is 5.91 Å². The molecule has 0 radical (unpaired) electrons. The lowest BCUT2D eigenvalue weighted by molar-refractivity contribution is -0.127. The highest BCUT2D eigenvalue weighted by Gasteiger charge is 2.37. The van der Waals surface area contributed by atoms with Crippen LogP contribution in [0.1, 0.15) is 39.0 Å². The Hall–Kier alpha value is -0.870. The van der Waals surface area contributed by atoms with Gasteiger partial charge in [-0.05, 0) is 25.2 Å². The van der Waals surface area contributed by atoms with E-state index in [0.29, 0.717) is 12.3 Å². The number of amides is 1. The summed E-state index contributed by atoms with van der Waals surface area (Å²) in [5.74, 6) is 0.454. The fourth-order valence-corrected chi connectivity index (χ4v) is 3.23. The molecule has 4 nitrogen and oxygen atoms in total. The number of rotatable bonds is 3. The molecule has 4 heteroatoms. The van der Waals surface area contributed by atoms with Gasteiger partial charge in [0, 0.05) is 6.04 Å². The van der Waals surface area contributed by atoms with Crippen molar-refractivity contribution in [3.05, 3.63) is 12.2 Å². The third kappa shape index (κ3) is 2.93. The van der Waals surface area contributed by atoms with Crippen LogP contribution in [0, 0.1) is 11.8 Å². The van der Waals surface area contributed by atoms with Gasteiger partial charge in [-0.3, -0.25) is 4.79 Å². The third-order valence-corrected chi connectivity index (χ3v) is 4.24. The van der Waals surface area contributed by atoms with Crippen molar-refractivity contribution < 1.29 is 9.90 Å². The van der Waals surface area contributed by atoms with Crippen LogP contribution in [0.25, 0.3) is 0 Å². The minimum absolute atomic E-state index is 0.00361. The van der Waals surface area contributed by atoms with E-state index in [1.807, 2.05) is 12.2 Å². The van der Waals surface area contributed by atoms with E-state index in [4.69, 9.17) is 5.73 Å². The maximum atomic E-state index is 12.2. The smallest absolute Gasteiger partial charge is 0.227 e. The van der Waals surface area contributed by atoms with E-state index < -0.39 is 5.54 Å². The zero-order chi connectivity index (χ0) is 13.2. The number of aliphatic hydroxyl groups excluding tert-OH is 1.